The summed E-state index contributed by atoms with van der Waals surface area (Å²) in [6, 6.07) is 9.85. The maximum Gasteiger partial charge on any atom is 0.128 e. The van der Waals surface area contributed by atoms with E-state index >= 15 is 0 Å². The molecule has 0 saturated carbocycles. The smallest absolute Gasteiger partial charge is 0.128 e. The molecule has 0 bridgehead atoms. The van der Waals surface area contributed by atoms with Crippen LogP contribution in [0.4, 0.5) is 0 Å². The molecule has 0 radical (unpaired) electrons. The van der Waals surface area contributed by atoms with Crippen LogP contribution >= 0.6 is 15.9 Å². The second-order valence-corrected chi connectivity index (χ2v) is 5.95. The van der Waals surface area contributed by atoms with Crippen LogP contribution in [0.3, 0.4) is 0 Å². The summed E-state index contributed by atoms with van der Waals surface area (Å²) in [6.45, 7) is 6.05. The van der Waals surface area contributed by atoms with Crippen LogP contribution in [0.1, 0.15) is 33.9 Å². The summed E-state index contributed by atoms with van der Waals surface area (Å²) >= 11 is 3.44. The second kappa shape index (κ2) is 5.98. The van der Waals surface area contributed by atoms with Gasteiger partial charge < -0.3 is 9.84 Å². The summed E-state index contributed by atoms with van der Waals surface area (Å²) in [6.07, 6.45) is -0.683. The summed E-state index contributed by atoms with van der Waals surface area (Å²) in [5.41, 5.74) is 4.98. The van der Waals surface area contributed by atoms with Gasteiger partial charge in [0.15, 0.2) is 0 Å². The minimum atomic E-state index is -0.683. The van der Waals surface area contributed by atoms with Gasteiger partial charge in [0.2, 0.25) is 0 Å². The van der Waals surface area contributed by atoms with E-state index in [-0.39, 0.29) is 0 Å². The van der Waals surface area contributed by atoms with Crippen molar-refractivity contribution >= 4 is 15.9 Å². The SMILES string of the molecule is COc1c(C(O)c2ccc(Br)cc2C)ccc(C)c1C. The maximum absolute atomic E-state index is 10.7. The molecular formula is C17H19BrO2. The number of halogens is 1. The van der Waals surface area contributed by atoms with Crippen molar-refractivity contribution in [2.24, 2.45) is 0 Å². The number of hydrogen-bond donors (Lipinski definition) is 1. The summed E-state index contributed by atoms with van der Waals surface area (Å²) in [7, 11) is 1.65. The molecule has 0 aliphatic carbocycles. The molecular weight excluding hydrogens is 316 g/mol. The lowest BCUT2D eigenvalue weighted by molar-refractivity contribution is 0.213. The van der Waals surface area contributed by atoms with Gasteiger partial charge in [-0.05, 0) is 55.2 Å². The molecule has 2 rings (SSSR count). The zero-order chi connectivity index (χ0) is 14.9. The largest absolute Gasteiger partial charge is 0.496 e. The number of aryl methyl sites for hydroxylation is 2. The lowest BCUT2D eigenvalue weighted by atomic mass is 9.94. The molecule has 106 valence electrons. The van der Waals surface area contributed by atoms with Crippen LogP contribution in [0.15, 0.2) is 34.8 Å². The Balaban J connectivity index is 2.53. The molecule has 0 fully saturated rings. The van der Waals surface area contributed by atoms with Gasteiger partial charge in [0.1, 0.15) is 11.9 Å². The molecule has 0 aliphatic heterocycles. The van der Waals surface area contributed by atoms with Gasteiger partial charge in [0, 0.05) is 10.0 Å². The highest BCUT2D eigenvalue weighted by atomic mass is 79.9. The number of rotatable bonds is 3. The molecule has 0 aromatic heterocycles. The summed E-state index contributed by atoms with van der Waals surface area (Å²) in [5, 5.41) is 10.7. The van der Waals surface area contributed by atoms with Crippen LogP contribution in [0, 0.1) is 20.8 Å². The third-order valence-electron chi connectivity index (χ3n) is 3.73. The normalized spacial score (nSPS) is 12.3. The van der Waals surface area contributed by atoms with Crippen molar-refractivity contribution in [3.8, 4) is 5.75 Å². The Morgan fingerprint density at radius 1 is 1.00 bits per heavy atom. The average Bonchev–Trinajstić information content (AvgIpc) is 2.41. The molecule has 3 heteroatoms. The van der Waals surface area contributed by atoms with Crippen molar-refractivity contribution in [3.63, 3.8) is 0 Å². The van der Waals surface area contributed by atoms with Gasteiger partial charge in [-0.3, -0.25) is 0 Å². The Hall–Kier alpha value is -1.32. The number of hydrogen-bond acceptors (Lipinski definition) is 2. The predicted octanol–water partition coefficient (Wildman–Crippen LogP) is 4.46. The Morgan fingerprint density at radius 3 is 2.25 bits per heavy atom. The van der Waals surface area contributed by atoms with Crippen LogP contribution in [0.2, 0.25) is 0 Å². The van der Waals surface area contributed by atoms with Crippen molar-refractivity contribution in [2.75, 3.05) is 7.11 Å². The fourth-order valence-electron chi connectivity index (χ4n) is 2.41. The van der Waals surface area contributed by atoms with Gasteiger partial charge >= 0.3 is 0 Å². The first-order chi connectivity index (χ1) is 9.45. The number of aliphatic hydroxyl groups is 1. The molecule has 1 atom stereocenters. The van der Waals surface area contributed by atoms with Crippen molar-refractivity contribution in [1.29, 1.82) is 0 Å². The van der Waals surface area contributed by atoms with Gasteiger partial charge in [-0.1, -0.05) is 34.1 Å². The van der Waals surface area contributed by atoms with E-state index in [1.54, 1.807) is 7.11 Å². The molecule has 0 spiro atoms. The van der Waals surface area contributed by atoms with E-state index in [4.69, 9.17) is 4.74 Å². The van der Waals surface area contributed by atoms with E-state index in [1.807, 2.05) is 51.1 Å². The molecule has 1 N–H and O–H groups in total. The standard InChI is InChI=1S/C17H19BrO2/c1-10-5-7-15(17(20-4)12(10)3)16(19)14-8-6-13(18)9-11(14)2/h5-9,16,19H,1-4H3. The van der Waals surface area contributed by atoms with Gasteiger partial charge in [-0.25, -0.2) is 0 Å². The average molecular weight is 335 g/mol. The molecule has 1 unspecified atom stereocenters. The minimum Gasteiger partial charge on any atom is -0.496 e. The monoisotopic (exact) mass is 334 g/mol. The van der Waals surface area contributed by atoms with Crippen LogP contribution in [0.5, 0.6) is 5.75 Å². The maximum atomic E-state index is 10.7. The van der Waals surface area contributed by atoms with Crippen molar-refractivity contribution in [1.82, 2.24) is 0 Å². The molecule has 20 heavy (non-hydrogen) atoms. The molecule has 0 aliphatic rings. The van der Waals surface area contributed by atoms with E-state index in [0.29, 0.717) is 0 Å². The summed E-state index contributed by atoms with van der Waals surface area (Å²) in [4.78, 5) is 0. The highest BCUT2D eigenvalue weighted by Gasteiger charge is 2.19. The minimum absolute atomic E-state index is 0.683. The van der Waals surface area contributed by atoms with Crippen molar-refractivity contribution in [3.05, 3.63) is 62.6 Å². The number of benzene rings is 2. The fraction of sp³-hybridized carbons (Fsp3) is 0.294. The van der Waals surface area contributed by atoms with Gasteiger partial charge in [-0.2, -0.15) is 0 Å². The third-order valence-corrected chi connectivity index (χ3v) is 4.23. The zero-order valence-corrected chi connectivity index (χ0v) is 13.8. The Labute approximate surface area is 128 Å². The molecule has 0 amide bonds. The first kappa shape index (κ1) is 15.1. The van der Waals surface area contributed by atoms with Gasteiger partial charge in [0.25, 0.3) is 0 Å². The van der Waals surface area contributed by atoms with E-state index in [0.717, 1.165) is 38.0 Å². The highest BCUT2D eigenvalue weighted by Crippen LogP contribution is 2.35. The van der Waals surface area contributed by atoms with Crippen molar-refractivity contribution in [2.45, 2.75) is 26.9 Å². The highest BCUT2D eigenvalue weighted by molar-refractivity contribution is 9.10. The lowest BCUT2D eigenvalue weighted by Gasteiger charge is -2.19. The first-order valence-electron chi connectivity index (χ1n) is 6.54. The number of methoxy groups -OCH3 is 1. The number of aliphatic hydroxyl groups excluding tert-OH is 1. The lowest BCUT2D eigenvalue weighted by Crippen LogP contribution is -2.06. The van der Waals surface area contributed by atoms with Crippen LogP contribution in [-0.2, 0) is 0 Å². The fourth-order valence-corrected chi connectivity index (χ4v) is 2.89. The summed E-state index contributed by atoms with van der Waals surface area (Å²) < 4.78 is 6.51. The predicted molar refractivity (Wildman–Crippen MR) is 85.4 cm³/mol. The first-order valence-corrected chi connectivity index (χ1v) is 7.33. The van der Waals surface area contributed by atoms with E-state index in [9.17, 15) is 5.11 Å². The van der Waals surface area contributed by atoms with E-state index in [1.165, 1.54) is 0 Å². The van der Waals surface area contributed by atoms with Crippen LogP contribution in [0.25, 0.3) is 0 Å². The van der Waals surface area contributed by atoms with E-state index < -0.39 is 6.10 Å². The Bertz CT molecular complexity index is 635. The summed E-state index contributed by atoms with van der Waals surface area (Å²) in [5.74, 6) is 0.764. The molecule has 0 saturated heterocycles. The van der Waals surface area contributed by atoms with Crippen LogP contribution in [-0.4, -0.2) is 12.2 Å². The molecule has 0 heterocycles. The van der Waals surface area contributed by atoms with E-state index in [2.05, 4.69) is 15.9 Å². The second-order valence-electron chi connectivity index (χ2n) is 5.03. The van der Waals surface area contributed by atoms with Crippen molar-refractivity contribution < 1.29 is 9.84 Å². The molecule has 2 nitrogen and oxygen atoms in total. The zero-order valence-electron chi connectivity index (χ0n) is 12.2. The number of ether oxygens (including phenoxy) is 1. The third kappa shape index (κ3) is 2.74. The van der Waals surface area contributed by atoms with Crippen LogP contribution < -0.4 is 4.74 Å². The molecule has 2 aromatic rings. The Kier molecular flexibility index (Phi) is 4.51. The Morgan fingerprint density at radius 2 is 1.65 bits per heavy atom. The van der Waals surface area contributed by atoms with Gasteiger partial charge in [-0.15, -0.1) is 0 Å². The topological polar surface area (TPSA) is 29.5 Å². The van der Waals surface area contributed by atoms with Gasteiger partial charge in [0.05, 0.1) is 7.11 Å². The molecule has 2 aromatic carbocycles. The quantitative estimate of drug-likeness (QED) is 0.897.